The van der Waals surface area contributed by atoms with Crippen molar-refractivity contribution in [3.05, 3.63) is 125 Å². The van der Waals surface area contributed by atoms with Crippen LogP contribution in [0.4, 0.5) is 0 Å². The summed E-state index contributed by atoms with van der Waals surface area (Å²) in [4.78, 5) is 27.3. The highest BCUT2D eigenvalue weighted by Gasteiger charge is 2.40. The van der Waals surface area contributed by atoms with Crippen LogP contribution in [0.3, 0.4) is 0 Å². The molecular weight excluding hydrogens is 536 g/mol. The molecule has 4 aromatic rings. The number of rotatable bonds is 12. The fourth-order valence-electron chi connectivity index (χ4n) is 5.73. The van der Waals surface area contributed by atoms with Crippen molar-refractivity contribution in [2.75, 3.05) is 20.3 Å². The number of ether oxygens (including phenoxy) is 2. The van der Waals surface area contributed by atoms with Crippen LogP contribution in [0.1, 0.15) is 41.5 Å². The van der Waals surface area contributed by atoms with E-state index in [0.717, 1.165) is 36.1 Å². The Morgan fingerprint density at radius 3 is 2.26 bits per heavy atom. The second-order valence-electron chi connectivity index (χ2n) is 11.0. The van der Waals surface area contributed by atoms with Gasteiger partial charge < -0.3 is 14.4 Å². The summed E-state index contributed by atoms with van der Waals surface area (Å²) in [7, 11) is 1.35. The van der Waals surface area contributed by atoms with E-state index in [9.17, 15) is 9.59 Å². The molecule has 43 heavy (non-hydrogen) atoms. The fourth-order valence-corrected chi connectivity index (χ4v) is 5.73. The number of nitrogens with zero attached hydrogens (tertiary/aromatic N) is 2. The van der Waals surface area contributed by atoms with Crippen molar-refractivity contribution in [1.82, 2.24) is 4.90 Å². The molecule has 0 saturated carbocycles. The maximum Gasteiger partial charge on any atom is 0.306 e. The summed E-state index contributed by atoms with van der Waals surface area (Å²) >= 11 is 0. The normalized spacial score (nSPS) is 16.1. The van der Waals surface area contributed by atoms with E-state index in [4.69, 9.17) is 14.7 Å². The number of aryl methyl sites for hydroxylation is 1. The summed E-state index contributed by atoms with van der Waals surface area (Å²) in [6, 6.07) is 36.4. The number of carbonyl (C=O) groups excluding carboxylic acids is 2. The Morgan fingerprint density at radius 2 is 1.56 bits per heavy atom. The third-order valence-corrected chi connectivity index (χ3v) is 8.02. The van der Waals surface area contributed by atoms with Crippen LogP contribution < -0.4 is 4.74 Å². The monoisotopic (exact) mass is 572 g/mol. The van der Waals surface area contributed by atoms with Gasteiger partial charge in [-0.05, 0) is 77.8 Å². The van der Waals surface area contributed by atoms with Crippen LogP contribution in [0.2, 0.25) is 0 Å². The number of benzene rings is 4. The fraction of sp³-hybridized carbons (Fsp3) is 0.270. The van der Waals surface area contributed by atoms with Gasteiger partial charge in [0.25, 0.3) is 0 Å². The Labute approximate surface area is 253 Å². The quantitative estimate of drug-likeness (QED) is 0.179. The molecule has 6 nitrogen and oxygen atoms in total. The van der Waals surface area contributed by atoms with E-state index in [2.05, 4.69) is 54.6 Å². The second-order valence-corrected chi connectivity index (χ2v) is 11.0. The minimum atomic E-state index is -0.394. The average Bonchev–Trinajstić information content (AvgIpc) is 3.34. The Bertz CT molecular complexity index is 1560. The predicted octanol–water partition coefficient (Wildman–Crippen LogP) is 6.61. The molecule has 1 heterocycles. The van der Waals surface area contributed by atoms with Gasteiger partial charge in [0, 0.05) is 6.54 Å². The van der Waals surface area contributed by atoms with E-state index < -0.39 is 5.92 Å². The highest BCUT2D eigenvalue weighted by atomic mass is 16.5. The zero-order valence-corrected chi connectivity index (χ0v) is 24.4. The second kappa shape index (κ2) is 14.3. The standard InChI is InChI=1S/C37H36N2O4/c1-42-36(40)24-33-23-34(26-43-35-18-16-32(17-19-35)31-14-12-29(25-38)13-15-31)39(37(33)41)20-6-11-28-9-5-10-30(22-28)21-27-7-3-2-4-8-27/h2-5,7-10,12-19,22,33-34H,6,11,20-21,23-24,26H2,1H3/t33-,34-/m0/s1. The Balaban J connectivity index is 1.20. The van der Waals surface area contributed by atoms with Crippen LogP contribution in [0, 0.1) is 17.2 Å². The Hall–Kier alpha value is -4.89. The molecule has 0 unspecified atom stereocenters. The average molecular weight is 573 g/mol. The molecule has 6 heteroatoms. The number of likely N-dealkylation sites (tertiary alicyclic amines) is 1. The molecule has 4 aromatic carbocycles. The minimum absolute atomic E-state index is 0.00649. The highest BCUT2D eigenvalue weighted by molar-refractivity contribution is 5.86. The number of carbonyl (C=O) groups is 2. The van der Waals surface area contributed by atoms with Crippen LogP contribution in [0.5, 0.6) is 5.75 Å². The molecule has 0 spiro atoms. The smallest absolute Gasteiger partial charge is 0.306 e. The largest absolute Gasteiger partial charge is 0.491 e. The van der Waals surface area contributed by atoms with E-state index in [0.29, 0.717) is 25.1 Å². The third-order valence-electron chi connectivity index (χ3n) is 8.02. The van der Waals surface area contributed by atoms with Gasteiger partial charge in [-0.25, -0.2) is 0 Å². The number of hydrogen-bond acceptors (Lipinski definition) is 5. The zero-order valence-electron chi connectivity index (χ0n) is 24.4. The minimum Gasteiger partial charge on any atom is -0.491 e. The maximum absolute atomic E-state index is 13.4. The van der Waals surface area contributed by atoms with Crippen molar-refractivity contribution in [3.8, 4) is 22.9 Å². The van der Waals surface area contributed by atoms with Crippen molar-refractivity contribution < 1.29 is 19.1 Å². The summed E-state index contributed by atoms with van der Waals surface area (Å²) < 4.78 is 11.0. The van der Waals surface area contributed by atoms with Gasteiger partial charge in [0.05, 0.1) is 37.1 Å². The van der Waals surface area contributed by atoms with E-state index in [1.54, 1.807) is 12.1 Å². The molecule has 0 aromatic heterocycles. The van der Waals surface area contributed by atoms with Gasteiger partial charge in [0.2, 0.25) is 5.91 Å². The lowest BCUT2D eigenvalue weighted by molar-refractivity contribution is -0.144. The van der Waals surface area contributed by atoms with Gasteiger partial charge in [0.1, 0.15) is 12.4 Å². The van der Waals surface area contributed by atoms with Crippen molar-refractivity contribution >= 4 is 11.9 Å². The predicted molar refractivity (Wildman–Crippen MR) is 166 cm³/mol. The number of methoxy groups -OCH3 is 1. The van der Waals surface area contributed by atoms with Crippen molar-refractivity contribution in [2.45, 2.75) is 38.1 Å². The molecule has 1 saturated heterocycles. The molecule has 1 aliphatic rings. The first kappa shape index (κ1) is 29.6. The Morgan fingerprint density at radius 1 is 0.884 bits per heavy atom. The number of amides is 1. The van der Waals surface area contributed by atoms with E-state index in [1.165, 1.54) is 23.8 Å². The van der Waals surface area contributed by atoms with Crippen molar-refractivity contribution in [2.24, 2.45) is 5.92 Å². The molecule has 0 N–H and O–H groups in total. The first-order valence-electron chi connectivity index (χ1n) is 14.7. The van der Waals surface area contributed by atoms with Gasteiger partial charge in [-0.1, -0.05) is 78.9 Å². The van der Waals surface area contributed by atoms with Crippen LogP contribution in [-0.2, 0) is 27.2 Å². The topological polar surface area (TPSA) is 79.6 Å². The summed E-state index contributed by atoms with van der Waals surface area (Å²) in [6.45, 7) is 0.956. The maximum atomic E-state index is 13.4. The lowest BCUT2D eigenvalue weighted by Crippen LogP contribution is -2.38. The molecular formula is C37H36N2O4. The van der Waals surface area contributed by atoms with Gasteiger partial charge in [-0.15, -0.1) is 0 Å². The van der Waals surface area contributed by atoms with Crippen molar-refractivity contribution in [1.29, 1.82) is 5.26 Å². The van der Waals surface area contributed by atoms with Crippen LogP contribution >= 0.6 is 0 Å². The first-order valence-corrected chi connectivity index (χ1v) is 14.7. The summed E-state index contributed by atoms with van der Waals surface area (Å²) in [6.07, 6.45) is 3.22. The summed E-state index contributed by atoms with van der Waals surface area (Å²) in [5.74, 6) is -0.0491. The van der Waals surface area contributed by atoms with Crippen molar-refractivity contribution in [3.63, 3.8) is 0 Å². The molecule has 1 aliphatic heterocycles. The third kappa shape index (κ3) is 7.90. The molecule has 0 radical (unpaired) electrons. The molecule has 1 amide bonds. The lowest BCUT2D eigenvalue weighted by atomic mass is 10.0. The van der Waals surface area contributed by atoms with Crippen LogP contribution in [-0.4, -0.2) is 43.1 Å². The van der Waals surface area contributed by atoms with Gasteiger partial charge in [0.15, 0.2) is 0 Å². The van der Waals surface area contributed by atoms with E-state index in [1.807, 2.05) is 47.4 Å². The summed E-state index contributed by atoms with van der Waals surface area (Å²) in [5.41, 5.74) is 6.49. The molecule has 0 aliphatic carbocycles. The van der Waals surface area contributed by atoms with Gasteiger partial charge in [-0.3, -0.25) is 9.59 Å². The van der Waals surface area contributed by atoms with Crippen LogP contribution in [0.15, 0.2) is 103 Å². The highest BCUT2D eigenvalue weighted by Crippen LogP contribution is 2.30. The first-order chi connectivity index (χ1) is 21.0. The summed E-state index contributed by atoms with van der Waals surface area (Å²) in [5, 5.41) is 9.03. The van der Waals surface area contributed by atoms with Gasteiger partial charge in [-0.2, -0.15) is 5.26 Å². The molecule has 218 valence electrons. The molecule has 5 rings (SSSR count). The molecule has 0 bridgehead atoms. The number of hydrogen-bond donors (Lipinski definition) is 0. The molecule has 2 atom stereocenters. The number of nitriles is 1. The number of esters is 1. The SMILES string of the molecule is COC(=O)C[C@@H]1C[C@@H](COc2ccc(-c3ccc(C#N)cc3)cc2)N(CCCc2cccc(Cc3ccccc3)c2)C1=O. The van der Waals surface area contributed by atoms with Gasteiger partial charge >= 0.3 is 5.97 Å². The van der Waals surface area contributed by atoms with Crippen LogP contribution in [0.25, 0.3) is 11.1 Å². The van der Waals surface area contributed by atoms with E-state index >= 15 is 0 Å². The van der Waals surface area contributed by atoms with E-state index in [-0.39, 0.29) is 24.3 Å². The zero-order chi connectivity index (χ0) is 30.0. The molecule has 1 fully saturated rings. The lowest BCUT2D eigenvalue weighted by Gasteiger charge is -2.25. The Kier molecular flexibility index (Phi) is 9.86.